The van der Waals surface area contributed by atoms with Crippen molar-refractivity contribution in [1.29, 1.82) is 0 Å². The van der Waals surface area contributed by atoms with Crippen LogP contribution < -0.4 is 15.4 Å². The number of methoxy groups -OCH3 is 1. The fraction of sp³-hybridized carbons (Fsp3) is 0.233. The molecule has 212 valence electrons. The molecule has 0 saturated carbocycles. The third-order valence-corrected chi connectivity index (χ3v) is 6.25. The molecule has 41 heavy (non-hydrogen) atoms. The van der Waals surface area contributed by atoms with Crippen molar-refractivity contribution in [1.82, 2.24) is 10.2 Å². The molecule has 1 heterocycles. The van der Waals surface area contributed by atoms with Gasteiger partial charge in [0.15, 0.2) is 0 Å². The first-order chi connectivity index (χ1) is 19.8. The summed E-state index contributed by atoms with van der Waals surface area (Å²) in [7, 11) is 1.55. The molecule has 0 aromatic heterocycles. The van der Waals surface area contributed by atoms with Gasteiger partial charge in [0.05, 0.1) is 17.7 Å². The van der Waals surface area contributed by atoms with E-state index in [9.17, 15) is 24.0 Å². The van der Waals surface area contributed by atoms with Crippen LogP contribution in [0.4, 0.5) is 10.5 Å². The van der Waals surface area contributed by atoms with Crippen molar-refractivity contribution in [3.63, 3.8) is 0 Å². The Morgan fingerprint density at radius 2 is 1.56 bits per heavy atom. The van der Waals surface area contributed by atoms with Gasteiger partial charge in [-0.1, -0.05) is 18.2 Å². The van der Waals surface area contributed by atoms with Gasteiger partial charge in [-0.3, -0.25) is 24.1 Å². The molecule has 1 aliphatic heterocycles. The number of rotatable bonds is 11. The molecule has 11 nitrogen and oxygen atoms in total. The summed E-state index contributed by atoms with van der Waals surface area (Å²) in [5, 5.41) is 5.62. The van der Waals surface area contributed by atoms with E-state index in [4.69, 9.17) is 14.2 Å². The normalized spacial score (nSPS) is 12.1. The fourth-order valence-corrected chi connectivity index (χ4v) is 4.19. The zero-order valence-electron chi connectivity index (χ0n) is 22.6. The number of nitrogens with one attached hydrogen (secondary N) is 2. The molecule has 0 saturated heterocycles. The first-order valence-corrected chi connectivity index (χ1v) is 12.9. The maximum Gasteiger partial charge on any atom is 0.513 e. The SMILES string of the molecule is CCOC(=O)Oc1ccc(C(=O)Nc2ccccc2CNC(=O)c2ccc3c(c2)C(=O)N(CCCOC)C3=O)cc1. The van der Waals surface area contributed by atoms with Crippen LogP contribution in [0, 0.1) is 0 Å². The molecule has 0 fully saturated rings. The van der Waals surface area contributed by atoms with Crippen LogP contribution in [0.3, 0.4) is 0 Å². The van der Waals surface area contributed by atoms with Gasteiger partial charge in [-0.15, -0.1) is 0 Å². The van der Waals surface area contributed by atoms with Crippen LogP contribution in [-0.2, 0) is 16.0 Å². The van der Waals surface area contributed by atoms with Crippen molar-refractivity contribution in [3.05, 3.63) is 94.5 Å². The minimum Gasteiger partial charge on any atom is -0.434 e. The minimum absolute atomic E-state index is 0.0920. The zero-order valence-corrected chi connectivity index (χ0v) is 22.6. The second-order valence-electron chi connectivity index (χ2n) is 8.97. The van der Waals surface area contributed by atoms with Gasteiger partial charge >= 0.3 is 6.16 Å². The van der Waals surface area contributed by atoms with E-state index in [2.05, 4.69) is 10.6 Å². The third-order valence-electron chi connectivity index (χ3n) is 6.25. The summed E-state index contributed by atoms with van der Waals surface area (Å²) < 4.78 is 14.7. The summed E-state index contributed by atoms with van der Waals surface area (Å²) in [5.74, 6) is -1.43. The molecule has 3 aromatic carbocycles. The molecule has 0 bridgehead atoms. The molecule has 1 aliphatic rings. The van der Waals surface area contributed by atoms with Crippen LogP contribution in [-0.4, -0.2) is 61.6 Å². The van der Waals surface area contributed by atoms with E-state index >= 15 is 0 Å². The molecular formula is C30H29N3O8. The number of benzene rings is 3. The lowest BCUT2D eigenvalue weighted by atomic mass is 10.1. The Kier molecular flexibility index (Phi) is 9.43. The van der Waals surface area contributed by atoms with Crippen molar-refractivity contribution < 1.29 is 38.2 Å². The first-order valence-electron chi connectivity index (χ1n) is 12.9. The van der Waals surface area contributed by atoms with Gasteiger partial charge in [-0.2, -0.15) is 0 Å². The monoisotopic (exact) mass is 559 g/mol. The Hall–Kier alpha value is -5.03. The van der Waals surface area contributed by atoms with Gasteiger partial charge in [0.25, 0.3) is 23.6 Å². The largest absolute Gasteiger partial charge is 0.513 e. The van der Waals surface area contributed by atoms with Crippen LogP contribution in [0.5, 0.6) is 5.75 Å². The Morgan fingerprint density at radius 3 is 2.29 bits per heavy atom. The Bertz CT molecular complexity index is 1470. The lowest BCUT2D eigenvalue weighted by molar-refractivity contribution is 0.0637. The fourth-order valence-electron chi connectivity index (χ4n) is 4.19. The summed E-state index contributed by atoms with van der Waals surface area (Å²) in [5.41, 5.74) is 2.15. The highest BCUT2D eigenvalue weighted by Gasteiger charge is 2.35. The number of anilines is 1. The highest BCUT2D eigenvalue weighted by molar-refractivity contribution is 6.22. The van der Waals surface area contributed by atoms with Crippen molar-refractivity contribution in [2.45, 2.75) is 19.9 Å². The van der Waals surface area contributed by atoms with Crippen molar-refractivity contribution in [2.75, 3.05) is 32.2 Å². The van der Waals surface area contributed by atoms with Crippen molar-refractivity contribution in [2.24, 2.45) is 0 Å². The number of ether oxygens (including phenoxy) is 3. The van der Waals surface area contributed by atoms with Crippen LogP contribution in [0.15, 0.2) is 66.7 Å². The molecule has 0 atom stereocenters. The molecule has 0 spiro atoms. The number of carbonyl (C=O) groups excluding carboxylic acids is 5. The van der Waals surface area contributed by atoms with Crippen LogP contribution in [0.2, 0.25) is 0 Å². The summed E-state index contributed by atoms with van der Waals surface area (Å²) in [6, 6.07) is 17.4. The van der Waals surface area contributed by atoms with Gasteiger partial charge in [0, 0.05) is 43.6 Å². The summed E-state index contributed by atoms with van der Waals surface area (Å²) >= 11 is 0. The molecular weight excluding hydrogens is 530 g/mol. The Morgan fingerprint density at radius 1 is 0.854 bits per heavy atom. The van der Waals surface area contributed by atoms with Crippen LogP contribution in [0.1, 0.15) is 60.3 Å². The number of carbonyl (C=O) groups is 5. The number of fused-ring (bicyclic) bond motifs is 1. The molecule has 0 radical (unpaired) electrons. The van der Waals surface area contributed by atoms with E-state index in [0.29, 0.717) is 29.8 Å². The Labute approximate surface area is 236 Å². The van der Waals surface area contributed by atoms with E-state index in [1.165, 1.54) is 42.5 Å². The smallest absolute Gasteiger partial charge is 0.434 e. The van der Waals surface area contributed by atoms with E-state index in [0.717, 1.165) is 4.90 Å². The summed E-state index contributed by atoms with van der Waals surface area (Å²) in [4.78, 5) is 63.8. The van der Waals surface area contributed by atoms with Gasteiger partial charge in [-0.25, -0.2) is 4.79 Å². The number of imide groups is 1. The average Bonchev–Trinajstić information content (AvgIpc) is 3.21. The minimum atomic E-state index is -0.833. The maximum atomic E-state index is 12.9. The Balaban J connectivity index is 1.38. The molecule has 11 heteroatoms. The number of amides is 4. The summed E-state index contributed by atoms with van der Waals surface area (Å²) in [6.45, 7) is 2.59. The van der Waals surface area contributed by atoms with Gasteiger partial charge in [0.1, 0.15) is 5.75 Å². The number of nitrogens with zero attached hydrogens (tertiary/aromatic N) is 1. The van der Waals surface area contributed by atoms with E-state index < -0.39 is 23.9 Å². The zero-order chi connectivity index (χ0) is 29.4. The topological polar surface area (TPSA) is 140 Å². The molecule has 0 aliphatic carbocycles. The maximum absolute atomic E-state index is 12.9. The number of hydrogen-bond acceptors (Lipinski definition) is 8. The highest BCUT2D eigenvalue weighted by atomic mass is 16.7. The lowest BCUT2D eigenvalue weighted by Gasteiger charge is -2.13. The van der Waals surface area contributed by atoms with Gasteiger partial charge in [-0.05, 0) is 67.4 Å². The van der Waals surface area contributed by atoms with Gasteiger partial charge < -0.3 is 24.8 Å². The highest BCUT2D eigenvalue weighted by Crippen LogP contribution is 2.25. The standard InChI is InChI=1S/C30H29N3O8/c1-3-40-30(38)41-22-12-9-19(10-13-22)27(35)32-25-8-5-4-7-21(25)18-31-26(34)20-11-14-23-24(17-20)29(37)33(28(23)36)15-6-16-39-2/h4-5,7-14,17H,3,6,15-16,18H2,1-2H3,(H,31,34)(H,32,35). The molecule has 3 aromatic rings. The predicted octanol–water partition coefficient (Wildman–Crippen LogP) is 4.04. The average molecular weight is 560 g/mol. The first kappa shape index (κ1) is 29.0. The van der Waals surface area contributed by atoms with Gasteiger partial charge in [0.2, 0.25) is 0 Å². The summed E-state index contributed by atoms with van der Waals surface area (Å²) in [6.07, 6.45) is -0.318. The molecule has 4 rings (SSSR count). The van der Waals surface area contributed by atoms with Crippen LogP contribution >= 0.6 is 0 Å². The number of hydrogen-bond donors (Lipinski definition) is 2. The third kappa shape index (κ3) is 6.95. The second kappa shape index (κ2) is 13.4. The van der Waals surface area contributed by atoms with E-state index in [1.54, 1.807) is 38.3 Å². The molecule has 0 unspecified atom stereocenters. The van der Waals surface area contributed by atoms with Crippen molar-refractivity contribution >= 4 is 35.5 Å². The number of para-hydroxylation sites is 1. The van der Waals surface area contributed by atoms with E-state index in [-0.39, 0.29) is 48.0 Å². The van der Waals surface area contributed by atoms with Crippen molar-refractivity contribution in [3.8, 4) is 5.75 Å². The van der Waals surface area contributed by atoms with E-state index in [1.807, 2.05) is 0 Å². The second-order valence-corrected chi connectivity index (χ2v) is 8.97. The molecule has 4 amide bonds. The molecule has 2 N–H and O–H groups in total. The lowest BCUT2D eigenvalue weighted by Crippen LogP contribution is -2.31. The van der Waals surface area contributed by atoms with Crippen LogP contribution in [0.25, 0.3) is 0 Å². The quantitative estimate of drug-likeness (QED) is 0.155. The predicted molar refractivity (Wildman–Crippen MR) is 148 cm³/mol.